The SMILES string of the molecule is CN1CCN(c2cc(NCc3nc4ccc(Cl)cc4n3C)c3ncn(C4CCCC4)c3c2)CC1. The number of piperazine rings is 1. The Labute approximate surface area is 205 Å². The van der Waals surface area contributed by atoms with Gasteiger partial charge in [-0.05, 0) is 50.2 Å². The highest BCUT2D eigenvalue weighted by Crippen LogP contribution is 2.36. The van der Waals surface area contributed by atoms with Crippen molar-refractivity contribution in [2.75, 3.05) is 43.4 Å². The fraction of sp³-hybridized carbons (Fsp3) is 0.462. The number of anilines is 2. The molecule has 2 aromatic heterocycles. The smallest absolute Gasteiger partial charge is 0.128 e. The third-order valence-electron chi connectivity index (χ3n) is 7.62. The molecular formula is C26H32ClN7. The van der Waals surface area contributed by atoms with E-state index in [2.05, 4.69) is 49.8 Å². The molecule has 2 aromatic carbocycles. The van der Waals surface area contributed by atoms with E-state index in [0.717, 1.165) is 59.3 Å². The predicted octanol–water partition coefficient (Wildman–Crippen LogP) is 5.06. The third kappa shape index (κ3) is 3.91. The third-order valence-corrected chi connectivity index (χ3v) is 7.86. The molecule has 7 nitrogen and oxygen atoms in total. The molecule has 0 atom stereocenters. The number of halogens is 1. The average Bonchev–Trinajstić information content (AvgIpc) is 3.57. The number of hydrogen-bond acceptors (Lipinski definition) is 5. The number of rotatable bonds is 5. The van der Waals surface area contributed by atoms with E-state index < -0.39 is 0 Å². The summed E-state index contributed by atoms with van der Waals surface area (Å²) in [5, 5.41) is 4.41. The number of benzene rings is 2. The first-order chi connectivity index (χ1) is 16.6. The average molecular weight is 478 g/mol. The second-order valence-electron chi connectivity index (χ2n) is 9.82. The summed E-state index contributed by atoms with van der Waals surface area (Å²) in [5.41, 5.74) is 6.65. The minimum atomic E-state index is 0.560. The van der Waals surface area contributed by atoms with Gasteiger partial charge in [-0.15, -0.1) is 0 Å². The molecule has 4 aromatic rings. The number of aryl methyl sites for hydroxylation is 1. The standard InChI is InChI=1S/C26H32ClN7/c1-31-9-11-33(12-10-31)20-14-22(26-24(15-20)34(17-29-26)19-5-3-4-6-19)28-16-25-30-21-8-7-18(27)13-23(21)32(25)2/h7-8,13-15,17,19,28H,3-6,9-12,16H2,1-2H3. The van der Waals surface area contributed by atoms with Gasteiger partial charge < -0.3 is 24.3 Å². The molecule has 8 heteroatoms. The van der Waals surface area contributed by atoms with Gasteiger partial charge >= 0.3 is 0 Å². The molecule has 0 bridgehead atoms. The molecule has 34 heavy (non-hydrogen) atoms. The van der Waals surface area contributed by atoms with Crippen LogP contribution in [0.2, 0.25) is 5.02 Å². The number of likely N-dealkylation sites (N-methyl/N-ethyl adjacent to an activating group) is 1. The van der Waals surface area contributed by atoms with Crippen LogP contribution in [0.25, 0.3) is 22.1 Å². The van der Waals surface area contributed by atoms with Crippen LogP contribution in [0.4, 0.5) is 11.4 Å². The lowest BCUT2D eigenvalue weighted by Gasteiger charge is -2.34. The van der Waals surface area contributed by atoms with Gasteiger partial charge in [-0.25, -0.2) is 9.97 Å². The predicted molar refractivity (Wildman–Crippen MR) is 140 cm³/mol. The first-order valence-corrected chi connectivity index (χ1v) is 12.7. The number of nitrogens with one attached hydrogen (secondary N) is 1. The maximum absolute atomic E-state index is 6.22. The quantitative estimate of drug-likeness (QED) is 0.435. The van der Waals surface area contributed by atoms with Crippen LogP contribution in [-0.4, -0.2) is 57.2 Å². The normalized spacial score (nSPS) is 17.9. The van der Waals surface area contributed by atoms with Crippen molar-refractivity contribution in [2.24, 2.45) is 7.05 Å². The molecule has 1 aliphatic heterocycles. The van der Waals surface area contributed by atoms with Crippen molar-refractivity contribution in [3.63, 3.8) is 0 Å². The highest BCUT2D eigenvalue weighted by atomic mass is 35.5. The topological polar surface area (TPSA) is 54.1 Å². The van der Waals surface area contributed by atoms with Crippen LogP contribution in [0.3, 0.4) is 0 Å². The van der Waals surface area contributed by atoms with Gasteiger partial charge in [0.05, 0.1) is 35.1 Å². The molecule has 6 rings (SSSR count). The number of fused-ring (bicyclic) bond motifs is 2. The Hall–Kier alpha value is -2.77. The zero-order chi connectivity index (χ0) is 23.2. The van der Waals surface area contributed by atoms with E-state index in [9.17, 15) is 0 Å². The van der Waals surface area contributed by atoms with Gasteiger partial charge in [0.2, 0.25) is 0 Å². The summed E-state index contributed by atoms with van der Waals surface area (Å²) < 4.78 is 4.54. The molecule has 1 aliphatic carbocycles. The van der Waals surface area contributed by atoms with Crippen LogP contribution < -0.4 is 10.2 Å². The first kappa shape index (κ1) is 21.7. The molecule has 3 heterocycles. The van der Waals surface area contributed by atoms with Crippen LogP contribution in [0.15, 0.2) is 36.7 Å². The molecule has 0 unspecified atom stereocenters. The minimum absolute atomic E-state index is 0.560. The fourth-order valence-electron chi connectivity index (χ4n) is 5.52. The second-order valence-corrected chi connectivity index (χ2v) is 10.3. The summed E-state index contributed by atoms with van der Waals surface area (Å²) in [6.45, 7) is 4.89. The van der Waals surface area contributed by atoms with Gasteiger partial charge in [0.1, 0.15) is 11.3 Å². The Morgan fingerprint density at radius 3 is 2.59 bits per heavy atom. The monoisotopic (exact) mass is 477 g/mol. The van der Waals surface area contributed by atoms with Gasteiger partial charge in [-0.2, -0.15) is 0 Å². The highest BCUT2D eigenvalue weighted by Gasteiger charge is 2.22. The van der Waals surface area contributed by atoms with Crippen molar-refractivity contribution in [1.82, 2.24) is 24.0 Å². The Bertz CT molecular complexity index is 1330. The van der Waals surface area contributed by atoms with Crippen molar-refractivity contribution in [3.8, 4) is 0 Å². The summed E-state index contributed by atoms with van der Waals surface area (Å²) in [6, 6.07) is 11.0. The van der Waals surface area contributed by atoms with Crippen molar-refractivity contribution in [2.45, 2.75) is 38.3 Å². The molecule has 2 aliphatic rings. The summed E-state index contributed by atoms with van der Waals surface area (Å²) in [4.78, 5) is 14.6. The maximum atomic E-state index is 6.22. The second kappa shape index (κ2) is 8.78. The minimum Gasteiger partial charge on any atom is -0.376 e. The lowest BCUT2D eigenvalue weighted by Crippen LogP contribution is -2.44. The maximum Gasteiger partial charge on any atom is 0.128 e. The van der Waals surface area contributed by atoms with Gasteiger partial charge in [0, 0.05) is 50.0 Å². The van der Waals surface area contributed by atoms with Crippen LogP contribution in [0.5, 0.6) is 0 Å². The van der Waals surface area contributed by atoms with Crippen LogP contribution in [-0.2, 0) is 13.6 Å². The summed E-state index contributed by atoms with van der Waals surface area (Å²) in [7, 11) is 4.25. The largest absolute Gasteiger partial charge is 0.376 e. The molecule has 0 radical (unpaired) electrons. The molecule has 178 valence electrons. The lowest BCUT2D eigenvalue weighted by molar-refractivity contribution is 0.313. The van der Waals surface area contributed by atoms with Crippen molar-refractivity contribution in [3.05, 3.63) is 47.5 Å². The van der Waals surface area contributed by atoms with E-state index in [1.54, 1.807) is 0 Å². The van der Waals surface area contributed by atoms with Crippen molar-refractivity contribution >= 4 is 45.0 Å². The highest BCUT2D eigenvalue weighted by molar-refractivity contribution is 6.31. The number of imidazole rings is 2. The molecule has 1 saturated heterocycles. The Morgan fingerprint density at radius 1 is 1.00 bits per heavy atom. The van der Waals surface area contributed by atoms with Crippen molar-refractivity contribution < 1.29 is 0 Å². The fourth-order valence-corrected chi connectivity index (χ4v) is 5.69. The molecule has 2 fully saturated rings. The summed E-state index contributed by atoms with van der Waals surface area (Å²) >= 11 is 6.22. The Morgan fingerprint density at radius 2 is 1.79 bits per heavy atom. The van der Waals surface area contributed by atoms with E-state index >= 15 is 0 Å². The summed E-state index contributed by atoms with van der Waals surface area (Å²) in [6.07, 6.45) is 7.16. The van der Waals surface area contributed by atoms with Crippen molar-refractivity contribution in [1.29, 1.82) is 0 Å². The van der Waals surface area contributed by atoms with Crippen LogP contribution >= 0.6 is 11.6 Å². The van der Waals surface area contributed by atoms with E-state index in [0.29, 0.717) is 12.6 Å². The Kier molecular flexibility index (Phi) is 5.62. The zero-order valence-electron chi connectivity index (χ0n) is 20.0. The lowest BCUT2D eigenvalue weighted by atomic mass is 10.1. The van der Waals surface area contributed by atoms with Gasteiger partial charge in [-0.1, -0.05) is 24.4 Å². The van der Waals surface area contributed by atoms with E-state index in [1.165, 1.54) is 36.9 Å². The molecule has 0 spiro atoms. The Balaban J connectivity index is 1.36. The molecule has 0 amide bonds. The van der Waals surface area contributed by atoms with E-state index in [1.807, 2.05) is 25.2 Å². The van der Waals surface area contributed by atoms with E-state index in [-0.39, 0.29) is 0 Å². The van der Waals surface area contributed by atoms with E-state index in [4.69, 9.17) is 21.6 Å². The van der Waals surface area contributed by atoms with Crippen LogP contribution in [0.1, 0.15) is 37.5 Å². The summed E-state index contributed by atoms with van der Waals surface area (Å²) in [5.74, 6) is 0.977. The number of nitrogens with zero attached hydrogens (tertiary/aromatic N) is 6. The van der Waals surface area contributed by atoms with Gasteiger partial charge in [0.15, 0.2) is 0 Å². The van der Waals surface area contributed by atoms with Gasteiger partial charge in [-0.3, -0.25) is 0 Å². The number of aromatic nitrogens is 4. The van der Waals surface area contributed by atoms with Crippen LogP contribution in [0, 0.1) is 0 Å². The zero-order valence-corrected chi connectivity index (χ0v) is 20.7. The molecular weight excluding hydrogens is 446 g/mol. The van der Waals surface area contributed by atoms with Gasteiger partial charge in [0.25, 0.3) is 0 Å². The first-order valence-electron chi connectivity index (χ1n) is 12.4. The molecule has 1 saturated carbocycles. The number of hydrogen-bond donors (Lipinski definition) is 1. The molecule has 1 N–H and O–H groups in total.